The van der Waals surface area contributed by atoms with E-state index in [0.717, 1.165) is 51.8 Å². The molecule has 0 spiro atoms. The SMILES string of the molecule is Cc1ccc2c(c1)C(C)(C)C1=C3C=C(C4=[N+](C)c5ccc(CC(=O)NCCCCC(NC(=O)OCCOCCOCC(N=[N+]=[N-])OCC#Cc6cn(C7CC(O)C(COP(=O)(O)OP(=O)(O)OP(=O)(O)O)O7)c(=O)[nH]c6=O)C(=O)CC(CC(=O)O)C(=O)NC(CC(=O)O)C(=O)O)cc5C4(C)C)COC3CCN12. The number of nitrogens with zero attached hydrogens (tertiary/aromatic N) is 6. The molecule has 1 saturated heterocycles. The number of benzene rings is 2. The number of phosphoric acid groups is 3. The molecule has 1 fully saturated rings. The van der Waals surface area contributed by atoms with Crippen molar-refractivity contribution in [3.05, 3.63) is 125 Å². The predicted molar refractivity (Wildman–Crippen MR) is 370 cm³/mol. The summed E-state index contributed by atoms with van der Waals surface area (Å²) < 4.78 is 83.2. The molecule has 0 radical (unpaired) electrons. The Kier molecular flexibility index (Phi) is 28.3. The van der Waals surface area contributed by atoms with E-state index in [9.17, 15) is 87.1 Å². The van der Waals surface area contributed by atoms with Crippen molar-refractivity contribution in [2.75, 3.05) is 77.9 Å². The number of ether oxygens (including phenoxy) is 6. The summed E-state index contributed by atoms with van der Waals surface area (Å²) in [6, 6.07) is 9.21. The first-order chi connectivity index (χ1) is 50.3. The number of aliphatic hydroxyl groups is 1. The second-order valence-electron chi connectivity index (χ2n) is 26.5. The molecule has 1 aromatic heterocycles. The lowest BCUT2D eigenvalue weighted by Crippen LogP contribution is -2.47. The van der Waals surface area contributed by atoms with Crippen LogP contribution in [0.2, 0.25) is 0 Å². The normalized spacial score (nSPS) is 20.5. The number of hydrogen-bond donors (Lipinski definition) is 12. The molecular formula is C65H84N10O29P3+. The number of carboxylic acids is 3. The quantitative estimate of drug-likeness (QED) is 0.00744. The van der Waals surface area contributed by atoms with Crippen molar-refractivity contribution < 1.29 is 133 Å². The van der Waals surface area contributed by atoms with Crippen molar-refractivity contribution in [3.8, 4) is 11.8 Å². The standard InChI is InChI=1S/C65H83N10O29P3/c1-36-12-14-47-42(24-36)65(4,5)58-41-27-40(33-100-50(41)16-18-74(47)58)57-64(2,3)43-25-37(13-15-46(43)73(57)6)26-52(78)67-17-8-7-11-44(48(76)28-39(29-55(79)80)60(84)68-45(61(85)86)30-56(81)82)69-63(88)99-23-22-96-20-21-97-35-53(71-72-66)98-19-9-10-38-32-75(62(87)70-59(38)83)54-31-49(77)51(102-54)34-101-106(92,93)104-107(94,95)103-105(89,90)91/h12-15,24-25,27,32,39,44-45,49-51,53-54,77H,7-8,11,16-23,26,28-31,33-35H2,1-6H3,(H10-,67,68,69,70,78,79,80,81,82,83,84,85,86,87,88,89,90,91,92,93,94,95)/p+1. The molecule has 107 heavy (non-hydrogen) atoms. The van der Waals surface area contributed by atoms with E-state index in [2.05, 4.69) is 114 Å². The van der Waals surface area contributed by atoms with Gasteiger partial charge in [-0.25, -0.2) is 28.1 Å². The van der Waals surface area contributed by atoms with Crippen LogP contribution in [0.25, 0.3) is 10.4 Å². The molecule has 3 aromatic rings. The van der Waals surface area contributed by atoms with Crippen molar-refractivity contribution in [2.24, 2.45) is 11.0 Å². The second-order valence-corrected chi connectivity index (χ2v) is 31.0. The van der Waals surface area contributed by atoms with Crippen LogP contribution in [0.1, 0.15) is 113 Å². The molecule has 3 amide bonds. The molecule has 5 aliphatic heterocycles. The monoisotopic (exact) mass is 1560 g/mol. The Labute approximate surface area is 610 Å². The van der Waals surface area contributed by atoms with Crippen molar-refractivity contribution in [1.82, 2.24) is 25.5 Å². The number of aromatic nitrogens is 2. The minimum atomic E-state index is -5.86. The molecule has 2 aromatic carbocycles. The van der Waals surface area contributed by atoms with Gasteiger partial charge in [-0.2, -0.15) is 13.2 Å². The number of carboxylic acid groups (broad SMARTS) is 3. The van der Waals surface area contributed by atoms with Crippen LogP contribution in [-0.4, -0.2) is 211 Å². The lowest BCUT2D eigenvalue weighted by atomic mass is 9.75. The average Bonchev–Trinajstić information content (AvgIpc) is 1.57. The molecule has 10 atom stereocenters. The Morgan fingerprint density at radius 3 is 2.30 bits per heavy atom. The van der Waals surface area contributed by atoms with E-state index in [1.807, 2.05) is 35.5 Å². The number of aliphatic carboxylic acids is 3. The number of fused-ring (bicyclic) bond motifs is 5. The van der Waals surface area contributed by atoms with Gasteiger partial charge in [0.05, 0.1) is 88.5 Å². The number of azide groups is 1. The molecule has 582 valence electrons. The van der Waals surface area contributed by atoms with Crippen LogP contribution in [0.3, 0.4) is 0 Å². The van der Waals surface area contributed by atoms with E-state index in [4.69, 9.17) is 43.7 Å². The van der Waals surface area contributed by atoms with Gasteiger partial charge in [-0.05, 0) is 81.3 Å². The molecule has 6 heterocycles. The Balaban J connectivity index is 0.797. The third kappa shape index (κ3) is 22.5. The molecule has 8 rings (SSSR count). The summed E-state index contributed by atoms with van der Waals surface area (Å²) in [7, 11) is -15.1. The van der Waals surface area contributed by atoms with Crippen LogP contribution < -0.4 is 32.1 Å². The van der Waals surface area contributed by atoms with Crippen LogP contribution in [0.4, 0.5) is 16.2 Å². The van der Waals surface area contributed by atoms with Crippen LogP contribution in [0.5, 0.6) is 0 Å². The molecule has 0 aliphatic carbocycles. The molecule has 42 heteroatoms. The molecule has 0 bridgehead atoms. The number of aliphatic hydroxyl groups excluding tert-OH is 1. The smallest absolute Gasteiger partial charge is 0.481 e. The van der Waals surface area contributed by atoms with E-state index in [0.29, 0.717) is 6.61 Å². The summed E-state index contributed by atoms with van der Waals surface area (Å²) in [6.07, 6.45) is -5.69. The van der Waals surface area contributed by atoms with Gasteiger partial charge in [-0.1, -0.05) is 54.6 Å². The lowest BCUT2D eigenvalue weighted by molar-refractivity contribution is -0.402. The van der Waals surface area contributed by atoms with E-state index < -0.39 is 164 Å². The van der Waals surface area contributed by atoms with Gasteiger partial charge in [0.25, 0.3) is 5.56 Å². The zero-order chi connectivity index (χ0) is 78.5. The van der Waals surface area contributed by atoms with Gasteiger partial charge in [0.1, 0.15) is 44.2 Å². The minimum absolute atomic E-state index is 0.0292. The van der Waals surface area contributed by atoms with Crippen LogP contribution in [0, 0.1) is 24.7 Å². The van der Waals surface area contributed by atoms with Crippen LogP contribution in [-0.2, 0) is 101 Å². The highest BCUT2D eigenvalue weighted by atomic mass is 31.3. The number of carbonyl (C=O) groups is 7. The number of carbonyl (C=O) groups excluding carboxylic acids is 4. The maximum atomic E-state index is 13.9. The number of phosphoric ester groups is 1. The third-order valence-corrected chi connectivity index (χ3v) is 21.8. The van der Waals surface area contributed by atoms with Crippen LogP contribution >= 0.6 is 23.5 Å². The summed E-state index contributed by atoms with van der Waals surface area (Å²) in [5.74, 6) is -4.07. The zero-order valence-electron chi connectivity index (χ0n) is 58.8. The number of aryl methyl sites for hydroxylation is 1. The van der Waals surface area contributed by atoms with Crippen LogP contribution in [0.15, 0.2) is 80.2 Å². The Hall–Kier alpha value is -8.60. The van der Waals surface area contributed by atoms with E-state index in [1.165, 1.54) is 28.1 Å². The number of anilines is 1. The zero-order valence-corrected chi connectivity index (χ0v) is 61.5. The number of ketones is 1. The molecule has 39 nitrogen and oxygen atoms in total. The lowest BCUT2D eigenvalue weighted by Gasteiger charge is -2.39. The molecular weight excluding hydrogens is 1480 g/mol. The summed E-state index contributed by atoms with van der Waals surface area (Å²) in [4.78, 5) is 158. The first-order valence-corrected chi connectivity index (χ1v) is 38.0. The highest BCUT2D eigenvalue weighted by Gasteiger charge is 2.51. The fourth-order valence-corrected chi connectivity index (χ4v) is 16.3. The fraction of sp³-hybridized carbons (Fsp3) is 0.538. The molecule has 10 unspecified atom stereocenters. The molecule has 5 aliphatic rings. The number of unbranched alkanes of at least 4 members (excludes halogenated alkanes) is 1. The predicted octanol–water partition coefficient (Wildman–Crippen LogP) is 3.38. The molecule has 12 N–H and O–H groups in total. The number of aromatic amines is 1. The Morgan fingerprint density at radius 1 is 0.879 bits per heavy atom. The van der Waals surface area contributed by atoms with Crippen molar-refractivity contribution in [3.63, 3.8) is 0 Å². The van der Waals surface area contributed by atoms with E-state index in [1.54, 1.807) is 0 Å². The van der Waals surface area contributed by atoms with Crippen molar-refractivity contribution >= 4 is 82.2 Å². The topological polar surface area (TPSA) is 562 Å². The Bertz CT molecular complexity index is 4420. The third-order valence-electron chi connectivity index (χ3n) is 18.0. The first kappa shape index (κ1) is 84.0. The van der Waals surface area contributed by atoms with Gasteiger partial charge in [0, 0.05) is 76.6 Å². The van der Waals surface area contributed by atoms with Gasteiger partial charge in [0.15, 0.2) is 17.7 Å². The number of allylic oxidation sites excluding steroid dienone is 1. The van der Waals surface area contributed by atoms with Gasteiger partial charge in [0.2, 0.25) is 17.5 Å². The number of nitrogens with one attached hydrogen (secondary N) is 4. The van der Waals surface area contributed by atoms with Crippen molar-refractivity contribution in [2.45, 2.75) is 146 Å². The summed E-state index contributed by atoms with van der Waals surface area (Å²) in [5, 5.41) is 49.6. The second kappa shape index (κ2) is 36.1. The number of rotatable bonds is 38. The average molecular weight is 1560 g/mol. The summed E-state index contributed by atoms with van der Waals surface area (Å²) in [6.45, 7) is 9.61. The number of alkyl carbamates (subject to hydrolysis) is 1. The number of amides is 3. The number of H-pyrrole nitrogens is 1. The van der Waals surface area contributed by atoms with E-state index >= 15 is 0 Å². The van der Waals surface area contributed by atoms with Crippen molar-refractivity contribution in [1.29, 1.82) is 0 Å². The van der Waals surface area contributed by atoms with Gasteiger partial charge >= 0.3 is 53.2 Å². The highest BCUT2D eigenvalue weighted by Crippen LogP contribution is 2.66. The Morgan fingerprint density at radius 2 is 1.60 bits per heavy atom. The highest BCUT2D eigenvalue weighted by molar-refractivity contribution is 7.66. The van der Waals surface area contributed by atoms with Gasteiger partial charge < -0.3 is 89.3 Å². The summed E-state index contributed by atoms with van der Waals surface area (Å²) >= 11 is 0. The number of hydrogen-bond acceptors (Lipinski definition) is 24. The molecule has 0 saturated carbocycles. The largest absolute Gasteiger partial charge is 0.490 e. The van der Waals surface area contributed by atoms with E-state index in [-0.39, 0.29) is 81.6 Å². The van der Waals surface area contributed by atoms with Gasteiger partial charge in [-0.3, -0.25) is 42.8 Å². The fourth-order valence-electron chi connectivity index (χ4n) is 13.2. The number of Topliss-reactive ketones (excluding diaryl/α,β-unsaturated/α-hetero) is 1. The maximum Gasteiger partial charge on any atom is 0.490 e. The first-order valence-electron chi connectivity index (χ1n) is 33.4. The van der Waals surface area contributed by atoms with Gasteiger partial charge in [-0.15, -0.1) is 0 Å². The minimum Gasteiger partial charge on any atom is -0.481 e. The maximum absolute atomic E-state index is 13.9. The summed E-state index contributed by atoms with van der Waals surface area (Å²) in [5.41, 5.74) is 17.2.